The molecule has 2 atom stereocenters. The van der Waals surface area contributed by atoms with Gasteiger partial charge in [0.2, 0.25) is 0 Å². The van der Waals surface area contributed by atoms with Crippen LogP contribution in [-0.4, -0.2) is 4.57 Å². The molecule has 1 nitrogen and oxygen atoms in total. The molecule has 0 saturated carbocycles. The first-order valence-corrected chi connectivity index (χ1v) is 14.5. The van der Waals surface area contributed by atoms with E-state index in [9.17, 15) is 0 Å². The SMILES string of the molecule is CC(C)(C)C1c2ccccc2Cc2cc(-c3ccc4c(c3)Cn3c(cc5ccccc53)C4C(C)(C)C)ccc21. The normalized spacial score (nSPS) is 18.3. The van der Waals surface area contributed by atoms with E-state index in [0.717, 1.165) is 13.0 Å². The third kappa shape index (κ3) is 3.89. The standard InChI is InChI=1S/C38H39N/c1-37(2,3)35-30-13-9-7-11-26(30)21-28-19-24(15-17-31(28)35)25-16-18-32-29(20-25)23-39-33-14-10-8-12-27(33)22-34(39)36(32)38(4,5)6/h7-20,22,35-36H,21,23H2,1-6H3. The summed E-state index contributed by atoms with van der Waals surface area (Å²) in [6.07, 6.45) is 1.02. The molecule has 2 aliphatic rings. The molecule has 0 saturated heterocycles. The summed E-state index contributed by atoms with van der Waals surface area (Å²) in [5.41, 5.74) is 14.7. The Labute approximate surface area is 233 Å². The maximum absolute atomic E-state index is 2.56. The minimum absolute atomic E-state index is 0.129. The van der Waals surface area contributed by atoms with Gasteiger partial charge in [0, 0.05) is 29.6 Å². The first kappa shape index (κ1) is 24.5. The average molecular weight is 510 g/mol. The number of hydrogen-bond donors (Lipinski definition) is 0. The summed E-state index contributed by atoms with van der Waals surface area (Å²) in [6, 6.07) is 34.9. The van der Waals surface area contributed by atoms with Gasteiger partial charge in [-0.15, -0.1) is 0 Å². The van der Waals surface area contributed by atoms with Crippen molar-refractivity contribution in [3.05, 3.63) is 130 Å². The van der Waals surface area contributed by atoms with Crippen molar-refractivity contribution in [3.8, 4) is 11.1 Å². The zero-order chi connectivity index (χ0) is 27.1. The molecule has 0 N–H and O–H groups in total. The second-order valence-corrected chi connectivity index (χ2v) is 14.0. The monoisotopic (exact) mass is 509 g/mol. The Kier molecular flexibility index (Phi) is 5.30. The van der Waals surface area contributed by atoms with Crippen LogP contribution in [0.25, 0.3) is 22.0 Å². The summed E-state index contributed by atoms with van der Waals surface area (Å²) in [5, 5.41) is 1.35. The molecule has 196 valence electrons. The van der Waals surface area contributed by atoms with Gasteiger partial charge < -0.3 is 4.57 Å². The van der Waals surface area contributed by atoms with E-state index in [2.05, 4.69) is 137 Å². The minimum Gasteiger partial charge on any atom is -0.340 e. The molecule has 5 aromatic rings. The van der Waals surface area contributed by atoms with Gasteiger partial charge in [0.25, 0.3) is 0 Å². The largest absolute Gasteiger partial charge is 0.340 e. The van der Waals surface area contributed by atoms with E-state index in [-0.39, 0.29) is 10.8 Å². The summed E-state index contributed by atoms with van der Waals surface area (Å²) < 4.78 is 2.56. The van der Waals surface area contributed by atoms with E-state index in [1.54, 1.807) is 0 Å². The maximum Gasteiger partial charge on any atom is 0.0485 e. The van der Waals surface area contributed by atoms with Crippen LogP contribution in [0, 0.1) is 10.8 Å². The summed E-state index contributed by atoms with van der Waals surface area (Å²) >= 11 is 0. The quantitative estimate of drug-likeness (QED) is 0.212. The topological polar surface area (TPSA) is 4.93 Å². The average Bonchev–Trinajstić information content (AvgIpc) is 3.26. The third-order valence-electron chi connectivity index (χ3n) is 9.19. The Morgan fingerprint density at radius 2 is 1.15 bits per heavy atom. The number of nitrogens with zero attached hydrogens (tertiary/aromatic N) is 1. The Balaban J connectivity index is 1.33. The smallest absolute Gasteiger partial charge is 0.0485 e. The predicted octanol–water partition coefficient (Wildman–Crippen LogP) is 9.93. The van der Waals surface area contributed by atoms with E-state index >= 15 is 0 Å². The summed E-state index contributed by atoms with van der Waals surface area (Å²) in [4.78, 5) is 0. The molecule has 0 bridgehead atoms. The Bertz CT molecular complexity index is 1730. The van der Waals surface area contributed by atoms with Crippen LogP contribution in [0.4, 0.5) is 0 Å². The number of para-hydroxylation sites is 1. The Hall–Kier alpha value is -3.58. The molecule has 39 heavy (non-hydrogen) atoms. The van der Waals surface area contributed by atoms with E-state index in [4.69, 9.17) is 0 Å². The lowest BCUT2D eigenvalue weighted by Gasteiger charge is -2.38. The zero-order valence-electron chi connectivity index (χ0n) is 24.2. The van der Waals surface area contributed by atoms with Crippen molar-refractivity contribution in [2.45, 2.75) is 66.3 Å². The highest BCUT2D eigenvalue weighted by atomic mass is 15.0. The second-order valence-electron chi connectivity index (χ2n) is 14.0. The van der Waals surface area contributed by atoms with E-state index in [1.807, 2.05) is 0 Å². The van der Waals surface area contributed by atoms with Crippen molar-refractivity contribution in [2.75, 3.05) is 0 Å². The highest BCUT2D eigenvalue weighted by molar-refractivity contribution is 5.82. The lowest BCUT2D eigenvalue weighted by atomic mass is 9.66. The molecule has 1 aliphatic carbocycles. The first-order valence-electron chi connectivity index (χ1n) is 14.5. The number of hydrogen-bond acceptors (Lipinski definition) is 0. The number of fused-ring (bicyclic) bond motifs is 6. The molecule has 2 unspecified atom stereocenters. The molecule has 0 fully saturated rings. The van der Waals surface area contributed by atoms with Crippen LogP contribution in [0.2, 0.25) is 0 Å². The van der Waals surface area contributed by atoms with Gasteiger partial charge >= 0.3 is 0 Å². The highest BCUT2D eigenvalue weighted by Gasteiger charge is 2.36. The van der Waals surface area contributed by atoms with Crippen molar-refractivity contribution in [2.24, 2.45) is 10.8 Å². The van der Waals surface area contributed by atoms with Gasteiger partial charge in [-0.05, 0) is 85.3 Å². The third-order valence-corrected chi connectivity index (χ3v) is 9.19. The Morgan fingerprint density at radius 1 is 0.564 bits per heavy atom. The van der Waals surface area contributed by atoms with Crippen LogP contribution in [0.1, 0.15) is 92.5 Å². The van der Waals surface area contributed by atoms with Crippen LogP contribution >= 0.6 is 0 Å². The van der Waals surface area contributed by atoms with Gasteiger partial charge in [-0.3, -0.25) is 0 Å². The van der Waals surface area contributed by atoms with Crippen LogP contribution < -0.4 is 0 Å². The van der Waals surface area contributed by atoms with Gasteiger partial charge in [0.15, 0.2) is 0 Å². The molecule has 7 rings (SSSR count). The number of benzene rings is 4. The molecular formula is C38H39N. The van der Waals surface area contributed by atoms with Crippen LogP contribution in [0.15, 0.2) is 91.0 Å². The molecule has 4 aromatic carbocycles. The Morgan fingerprint density at radius 3 is 1.87 bits per heavy atom. The second kappa shape index (κ2) is 8.46. The highest BCUT2D eigenvalue weighted by Crippen LogP contribution is 2.49. The molecule has 1 heteroatoms. The fourth-order valence-electron chi connectivity index (χ4n) is 7.59. The van der Waals surface area contributed by atoms with E-state index in [0.29, 0.717) is 11.8 Å². The number of aromatic nitrogens is 1. The number of rotatable bonds is 1. The van der Waals surface area contributed by atoms with Gasteiger partial charge in [0.1, 0.15) is 0 Å². The first-order chi connectivity index (χ1) is 18.6. The maximum atomic E-state index is 2.56. The minimum atomic E-state index is 0.129. The lowest BCUT2D eigenvalue weighted by molar-refractivity contribution is 0.338. The van der Waals surface area contributed by atoms with Gasteiger partial charge in [-0.2, -0.15) is 0 Å². The predicted molar refractivity (Wildman–Crippen MR) is 165 cm³/mol. The van der Waals surface area contributed by atoms with Crippen molar-refractivity contribution >= 4 is 10.9 Å². The molecule has 1 aromatic heterocycles. The van der Waals surface area contributed by atoms with Crippen LogP contribution in [0.5, 0.6) is 0 Å². The van der Waals surface area contributed by atoms with E-state index < -0.39 is 0 Å². The van der Waals surface area contributed by atoms with Gasteiger partial charge in [-0.25, -0.2) is 0 Å². The molecule has 0 spiro atoms. The zero-order valence-corrected chi connectivity index (χ0v) is 24.2. The molecule has 0 amide bonds. The molecule has 2 heterocycles. The van der Waals surface area contributed by atoms with Crippen molar-refractivity contribution < 1.29 is 0 Å². The van der Waals surface area contributed by atoms with Crippen molar-refractivity contribution in [1.29, 1.82) is 0 Å². The summed E-state index contributed by atoms with van der Waals surface area (Å²) in [6.45, 7) is 15.2. The van der Waals surface area contributed by atoms with Gasteiger partial charge in [0.05, 0.1) is 0 Å². The molecule has 0 radical (unpaired) electrons. The summed E-state index contributed by atoms with van der Waals surface area (Å²) in [5.74, 6) is 0.790. The van der Waals surface area contributed by atoms with Crippen LogP contribution in [-0.2, 0) is 13.0 Å². The fourth-order valence-corrected chi connectivity index (χ4v) is 7.59. The lowest BCUT2D eigenvalue weighted by Crippen LogP contribution is -2.28. The van der Waals surface area contributed by atoms with E-state index in [1.165, 1.54) is 61.1 Å². The summed E-state index contributed by atoms with van der Waals surface area (Å²) in [7, 11) is 0. The van der Waals surface area contributed by atoms with Crippen LogP contribution in [0.3, 0.4) is 0 Å². The van der Waals surface area contributed by atoms with Gasteiger partial charge in [-0.1, -0.05) is 114 Å². The molecule has 1 aliphatic heterocycles. The van der Waals surface area contributed by atoms with Crippen molar-refractivity contribution in [1.82, 2.24) is 4.57 Å². The van der Waals surface area contributed by atoms with Crippen molar-refractivity contribution in [3.63, 3.8) is 0 Å². The fraction of sp³-hybridized carbons (Fsp3) is 0.316. The molecular weight excluding hydrogens is 470 g/mol.